The average Bonchev–Trinajstić information content (AvgIpc) is 3.01. The van der Waals surface area contributed by atoms with Crippen molar-refractivity contribution in [1.82, 2.24) is 9.29 Å². The molecule has 1 aromatic carbocycles. The predicted octanol–water partition coefficient (Wildman–Crippen LogP) is 2.79. The van der Waals surface area contributed by atoms with Gasteiger partial charge in [-0.05, 0) is 31.9 Å². The van der Waals surface area contributed by atoms with Gasteiger partial charge in [0, 0.05) is 24.4 Å². The molecule has 25 heavy (non-hydrogen) atoms. The Morgan fingerprint density at radius 1 is 1.24 bits per heavy atom. The van der Waals surface area contributed by atoms with E-state index in [1.165, 1.54) is 21.9 Å². The number of nitrogens with zero attached hydrogens (tertiary/aromatic N) is 3. The Hall–Kier alpha value is -1.77. The number of aryl methyl sites for hydroxylation is 1. The van der Waals surface area contributed by atoms with Crippen LogP contribution in [0.3, 0.4) is 0 Å². The minimum absolute atomic E-state index is 0.0197. The summed E-state index contributed by atoms with van der Waals surface area (Å²) in [4.78, 5) is 19.3. The number of carbonyl (C=O) groups excluding carboxylic acids is 1. The van der Waals surface area contributed by atoms with Crippen molar-refractivity contribution in [3.05, 3.63) is 41.4 Å². The lowest BCUT2D eigenvalue weighted by molar-refractivity contribution is -0.122. The molecule has 2 aromatic rings. The quantitative estimate of drug-likeness (QED) is 0.819. The van der Waals surface area contributed by atoms with Crippen molar-refractivity contribution >= 4 is 38.1 Å². The zero-order valence-corrected chi connectivity index (χ0v) is 15.9. The highest BCUT2D eigenvalue weighted by Crippen LogP contribution is 2.32. The molecule has 1 amide bonds. The molecule has 1 saturated heterocycles. The molecular weight excluding hydrogens is 358 g/mol. The van der Waals surface area contributed by atoms with Crippen LogP contribution < -0.4 is 4.90 Å². The number of anilines is 2. The highest BCUT2D eigenvalue weighted by Gasteiger charge is 2.33. The smallest absolute Gasteiger partial charge is 0.236 e. The van der Waals surface area contributed by atoms with Crippen LogP contribution in [-0.4, -0.2) is 43.0 Å². The third-order valence-electron chi connectivity index (χ3n) is 4.31. The van der Waals surface area contributed by atoms with Crippen LogP contribution in [0, 0.1) is 12.8 Å². The lowest BCUT2D eigenvalue weighted by Gasteiger charge is -2.32. The molecule has 0 spiro atoms. The van der Waals surface area contributed by atoms with Gasteiger partial charge in [-0.2, -0.15) is 0 Å². The first-order valence-corrected chi connectivity index (χ1v) is 10.9. The second-order valence-corrected chi connectivity index (χ2v) is 9.04. The molecule has 1 fully saturated rings. The summed E-state index contributed by atoms with van der Waals surface area (Å²) in [5, 5.41) is 2.57. The number of amides is 1. The lowest BCUT2D eigenvalue weighted by atomic mass is 9.96. The maximum Gasteiger partial charge on any atom is 0.236 e. The largest absolute Gasteiger partial charge is 0.274 e. The monoisotopic (exact) mass is 379 g/mol. The first kappa shape index (κ1) is 18.0. The Bertz CT molecular complexity index is 841. The molecule has 1 aliphatic rings. The molecule has 0 radical (unpaired) electrons. The van der Waals surface area contributed by atoms with E-state index < -0.39 is 10.0 Å². The maximum absolute atomic E-state index is 13.2. The SMILES string of the molecule is Cc1csc(N(C(=O)C2CCN(S(C)(=O)=O)CC2)c2ccccc2)n1. The number of rotatable bonds is 4. The van der Waals surface area contributed by atoms with Crippen molar-refractivity contribution in [2.75, 3.05) is 24.2 Å². The number of hydrogen-bond acceptors (Lipinski definition) is 5. The summed E-state index contributed by atoms with van der Waals surface area (Å²) in [7, 11) is -3.20. The van der Waals surface area contributed by atoms with Crippen LogP contribution in [0.4, 0.5) is 10.8 Å². The second kappa shape index (κ2) is 7.23. The van der Waals surface area contributed by atoms with Crippen molar-refractivity contribution in [3.63, 3.8) is 0 Å². The van der Waals surface area contributed by atoms with E-state index in [-0.39, 0.29) is 11.8 Å². The fraction of sp³-hybridized carbons (Fsp3) is 0.412. The molecule has 1 aliphatic heterocycles. The first-order chi connectivity index (χ1) is 11.9. The number of thiazole rings is 1. The highest BCUT2D eigenvalue weighted by molar-refractivity contribution is 7.88. The third kappa shape index (κ3) is 4.08. The van der Waals surface area contributed by atoms with Gasteiger partial charge in [-0.1, -0.05) is 18.2 Å². The van der Waals surface area contributed by atoms with E-state index in [9.17, 15) is 13.2 Å². The summed E-state index contributed by atoms with van der Waals surface area (Å²) < 4.78 is 24.8. The van der Waals surface area contributed by atoms with Crippen LogP contribution in [0.1, 0.15) is 18.5 Å². The average molecular weight is 380 g/mol. The zero-order chi connectivity index (χ0) is 18.0. The van der Waals surface area contributed by atoms with Crippen molar-refractivity contribution in [3.8, 4) is 0 Å². The molecule has 0 atom stereocenters. The highest BCUT2D eigenvalue weighted by atomic mass is 32.2. The normalized spacial score (nSPS) is 16.7. The number of sulfonamides is 1. The number of carbonyl (C=O) groups is 1. The minimum atomic E-state index is -3.20. The molecule has 1 aromatic heterocycles. The molecule has 0 N–H and O–H groups in total. The summed E-state index contributed by atoms with van der Waals surface area (Å²) in [6.07, 6.45) is 2.27. The van der Waals surface area contributed by atoms with E-state index in [0.717, 1.165) is 11.4 Å². The lowest BCUT2D eigenvalue weighted by Crippen LogP contribution is -2.43. The van der Waals surface area contributed by atoms with Gasteiger partial charge in [0.15, 0.2) is 5.13 Å². The molecular formula is C17H21N3O3S2. The number of piperidine rings is 1. The Morgan fingerprint density at radius 3 is 2.40 bits per heavy atom. The molecule has 134 valence electrons. The standard InChI is InChI=1S/C17H21N3O3S2/c1-13-12-24-17(18-13)20(15-6-4-3-5-7-15)16(21)14-8-10-19(11-9-14)25(2,22)23/h3-7,12,14H,8-11H2,1-2H3. The van der Waals surface area contributed by atoms with Gasteiger partial charge in [0.1, 0.15) is 0 Å². The molecule has 0 bridgehead atoms. The van der Waals surface area contributed by atoms with Gasteiger partial charge in [-0.15, -0.1) is 11.3 Å². The van der Waals surface area contributed by atoms with Gasteiger partial charge in [-0.3, -0.25) is 9.69 Å². The summed E-state index contributed by atoms with van der Waals surface area (Å²) >= 11 is 1.44. The predicted molar refractivity (Wildman–Crippen MR) is 99.6 cm³/mol. The fourth-order valence-electron chi connectivity index (χ4n) is 2.97. The zero-order valence-electron chi connectivity index (χ0n) is 14.3. The number of aromatic nitrogens is 1. The molecule has 0 aliphatic carbocycles. The van der Waals surface area contributed by atoms with E-state index in [1.54, 1.807) is 4.90 Å². The number of para-hydroxylation sites is 1. The third-order valence-corrected chi connectivity index (χ3v) is 6.55. The van der Waals surface area contributed by atoms with Gasteiger partial charge in [0.2, 0.25) is 15.9 Å². The molecule has 6 nitrogen and oxygen atoms in total. The van der Waals surface area contributed by atoms with Gasteiger partial charge < -0.3 is 0 Å². The van der Waals surface area contributed by atoms with Crippen LogP contribution in [0.2, 0.25) is 0 Å². The molecule has 0 unspecified atom stereocenters. The van der Waals surface area contributed by atoms with Crippen LogP contribution in [0.25, 0.3) is 0 Å². The molecule has 3 rings (SSSR count). The molecule has 0 saturated carbocycles. The van der Waals surface area contributed by atoms with Crippen molar-refractivity contribution < 1.29 is 13.2 Å². The van der Waals surface area contributed by atoms with Crippen LogP contribution in [0.5, 0.6) is 0 Å². The van der Waals surface area contributed by atoms with Crippen LogP contribution >= 0.6 is 11.3 Å². The van der Waals surface area contributed by atoms with Crippen LogP contribution in [-0.2, 0) is 14.8 Å². The van der Waals surface area contributed by atoms with E-state index in [4.69, 9.17) is 0 Å². The Kier molecular flexibility index (Phi) is 5.21. The summed E-state index contributed by atoms with van der Waals surface area (Å²) in [5.41, 5.74) is 1.66. The summed E-state index contributed by atoms with van der Waals surface area (Å²) in [5.74, 6) is -0.226. The van der Waals surface area contributed by atoms with E-state index >= 15 is 0 Å². The summed E-state index contributed by atoms with van der Waals surface area (Å²) in [6.45, 7) is 2.67. The fourth-order valence-corrected chi connectivity index (χ4v) is 4.67. The maximum atomic E-state index is 13.2. The number of benzene rings is 1. The van der Waals surface area contributed by atoms with E-state index in [0.29, 0.717) is 31.1 Å². The van der Waals surface area contributed by atoms with Gasteiger partial charge in [0.25, 0.3) is 0 Å². The van der Waals surface area contributed by atoms with Gasteiger partial charge in [0.05, 0.1) is 17.6 Å². The minimum Gasteiger partial charge on any atom is -0.274 e. The Labute approximate surface area is 152 Å². The van der Waals surface area contributed by atoms with E-state index in [1.807, 2.05) is 42.6 Å². The van der Waals surface area contributed by atoms with Crippen molar-refractivity contribution in [2.45, 2.75) is 19.8 Å². The topological polar surface area (TPSA) is 70.6 Å². The van der Waals surface area contributed by atoms with Gasteiger partial charge in [-0.25, -0.2) is 17.7 Å². The Morgan fingerprint density at radius 2 is 1.88 bits per heavy atom. The van der Waals surface area contributed by atoms with Crippen LogP contribution in [0.15, 0.2) is 35.7 Å². The first-order valence-electron chi connectivity index (χ1n) is 8.12. The second-order valence-electron chi connectivity index (χ2n) is 6.22. The van der Waals surface area contributed by atoms with E-state index in [2.05, 4.69) is 4.98 Å². The van der Waals surface area contributed by atoms with Crippen molar-refractivity contribution in [2.24, 2.45) is 5.92 Å². The molecule has 8 heteroatoms. The van der Waals surface area contributed by atoms with Gasteiger partial charge >= 0.3 is 0 Å². The Balaban J connectivity index is 1.84. The summed E-state index contributed by atoms with van der Waals surface area (Å²) in [6, 6.07) is 9.47. The number of hydrogen-bond donors (Lipinski definition) is 0. The van der Waals surface area contributed by atoms with Crippen molar-refractivity contribution in [1.29, 1.82) is 0 Å². The molecule has 2 heterocycles.